The molecule has 0 aromatic heterocycles. The van der Waals surface area contributed by atoms with Crippen LogP contribution in [0.1, 0.15) is 19.4 Å². The second kappa shape index (κ2) is 6.01. The Bertz CT molecular complexity index is 377. The Morgan fingerprint density at radius 2 is 2.19 bits per heavy atom. The van der Waals surface area contributed by atoms with Crippen molar-refractivity contribution in [1.82, 2.24) is 0 Å². The number of carbonyl (C=O) groups is 1. The minimum atomic E-state index is -0.126. The number of hydrogen-bond donors (Lipinski definition) is 1. The fourth-order valence-corrected chi connectivity index (χ4v) is 1.67. The van der Waals surface area contributed by atoms with Gasteiger partial charge in [-0.3, -0.25) is 4.79 Å². The molecule has 16 heavy (non-hydrogen) atoms. The van der Waals surface area contributed by atoms with Crippen LogP contribution in [0.15, 0.2) is 22.7 Å². The largest absolute Gasteiger partial charge is 0.369 e. The summed E-state index contributed by atoms with van der Waals surface area (Å²) in [6.07, 6.45) is 0.0664. The van der Waals surface area contributed by atoms with Crippen molar-refractivity contribution in [2.24, 2.45) is 0 Å². The van der Waals surface area contributed by atoms with Gasteiger partial charge in [-0.15, -0.1) is 0 Å². The number of rotatable bonds is 4. The summed E-state index contributed by atoms with van der Waals surface area (Å²) in [5, 5.41) is 2.81. The van der Waals surface area contributed by atoms with Crippen molar-refractivity contribution in [3.8, 4) is 0 Å². The van der Waals surface area contributed by atoms with Gasteiger partial charge in [0.15, 0.2) is 0 Å². The highest BCUT2D eigenvalue weighted by Gasteiger charge is 2.06. The first kappa shape index (κ1) is 13.2. The molecule has 0 aliphatic heterocycles. The molecule has 0 heterocycles. The van der Waals surface area contributed by atoms with E-state index in [1.165, 1.54) is 0 Å². The topological polar surface area (TPSA) is 38.3 Å². The number of ether oxygens (including phenoxy) is 1. The van der Waals surface area contributed by atoms with Gasteiger partial charge in [0, 0.05) is 10.2 Å². The van der Waals surface area contributed by atoms with Gasteiger partial charge in [-0.25, -0.2) is 0 Å². The molecule has 1 aromatic carbocycles. The van der Waals surface area contributed by atoms with Crippen molar-refractivity contribution in [3.63, 3.8) is 0 Å². The summed E-state index contributed by atoms with van der Waals surface area (Å²) in [4.78, 5) is 11.5. The Hall–Kier alpha value is -0.870. The van der Waals surface area contributed by atoms with E-state index in [0.29, 0.717) is 0 Å². The minimum Gasteiger partial charge on any atom is -0.369 e. The Labute approximate surface area is 104 Å². The first-order valence-corrected chi connectivity index (χ1v) is 5.96. The first-order chi connectivity index (χ1) is 7.49. The molecule has 0 radical (unpaired) electrons. The normalized spacial score (nSPS) is 10.6. The Morgan fingerprint density at radius 1 is 1.50 bits per heavy atom. The zero-order valence-electron chi connectivity index (χ0n) is 9.71. The second-order valence-electron chi connectivity index (χ2n) is 3.87. The molecule has 1 rings (SSSR count). The average Bonchev–Trinajstić information content (AvgIpc) is 2.19. The summed E-state index contributed by atoms with van der Waals surface area (Å²) in [7, 11) is 0. The zero-order chi connectivity index (χ0) is 12.1. The molecule has 0 unspecified atom stereocenters. The van der Waals surface area contributed by atoms with Gasteiger partial charge >= 0.3 is 0 Å². The second-order valence-corrected chi connectivity index (χ2v) is 4.78. The summed E-state index contributed by atoms with van der Waals surface area (Å²) < 4.78 is 6.22. The van der Waals surface area contributed by atoms with Crippen LogP contribution in [-0.4, -0.2) is 18.6 Å². The van der Waals surface area contributed by atoms with E-state index in [1.807, 2.05) is 39.0 Å². The molecule has 0 bridgehead atoms. The van der Waals surface area contributed by atoms with Crippen LogP contribution >= 0.6 is 15.9 Å². The molecule has 1 amide bonds. The Balaban J connectivity index is 2.56. The van der Waals surface area contributed by atoms with Crippen LogP contribution < -0.4 is 5.32 Å². The fraction of sp³-hybridized carbons (Fsp3) is 0.417. The van der Waals surface area contributed by atoms with Crippen molar-refractivity contribution in [2.45, 2.75) is 26.9 Å². The number of amides is 1. The lowest BCUT2D eigenvalue weighted by molar-refractivity contribution is -0.121. The molecule has 0 spiro atoms. The molecule has 0 fully saturated rings. The summed E-state index contributed by atoms with van der Waals surface area (Å²) >= 11 is 3.37. The maximum atomic E-state index is 11.5. The van der Waals surface area contributed by atoms with E-state index < -0.39 is 0 Å². The maximum Gasteiger partial charge on any atom is 0.250 e. The highest BCUT2D eigenvalue weighted by Crippen LogP contribution is 2.19. The molecule has 0 saturated heterocycles. The molecular weight excluding hydrogens is 270 g/mol. The molecular formula is C12H16BrNO2. The van der Waals surface area contributed by atoms with E-state index in [2.05, 4.69) is 21.2 Å². The minimum absolute atomic E-state index is 0.0664. The molecule has 1 N–H and O–H groups in total. The number of benzene rings is 1. The highest BCUT2D eigenvalue weighted by atomic mass is 79.9. The SMILES string of the molecule is Cc1cc(Br)ccc1NC(=O)COC(C)C. The van der Waals surface area contributed by atoms with Crippen LogP contribution in [0, 0.1) is 6.92 Å². The van der Waals surface area contributed by atoms with Crippen LogP contribution in [-0.2, 0) is 9.53 Å². The van der Waals surface area contributed by atoms with Crippen LogP contribution in [0.25, 0.3) is 0 Å². The third-order valence-electron chi connectivity index (χ3n) is 2.01. The van der Waals surface area contributed by atoms with Gasteiger partial charge in [0.25, 0.3) is 0 Å². The zero-order valence-corrected chi connectivity index (χ0v) is 11.3. The third-order valence-corrected chi connectivity index (χ3v) is 2.50. The molecule has 0 saturated carbocycles. The van der Waals surface area contributed by atoms with Crippen LogP contribution in [0.4, 0.5) is 5.69 Å². The van der Waals surface area contributed by atoms with Crippen molar-refractivity contribution >= 4 is 27.5 Å². The van der Waals surface area contributed by atoms with Crippen LogP contribution in [0.5, 0.6) is 0 Å². The third kappa shape index (κ3) is 4.33. The molecule has 88 valence electrons. The maximum absolute atomic E-state index is 11.5. The molecule has 1 aromatic rings. The van der Waals surface area contributed by atoms with Crippen LogP contribution in [0.2, 0.25) is 0 Å². The van der Waals surface area contributed by atoms with E-state index in [0.717, 1.165) is 15.7 Å². The van der Waals surface area contributed by atoms with Crippen molar-refractivity contribution in [1.29, 1.82) is 0 Å². The number of carbonyl (C=O) groups excluding carboxylic acids is 1. The fourth-order valence-electron chi connectivity index (χ4n) is 1.20. The van der Waals surface area contributed by atoms with Gasteiger partial charge in [0.2, 0.25) is 5.91 Å². The Kier molecular flexibility index (Phi) is 4.96. The molecule has 0 atom stereocenters. The van der Waals surface area contributed by atoms with Gasteiger partial charge in [-0.05, 0) is 44.5 Å². The first-order valence-electron chi connectivity index (χ1n) is 5.16. The molecule has 3 nitrogen and oxygen atoms in total. The van der Waals surface area contributed by atoms with E-state index >= 15 is 0 Å². The van der Waals surface area contributed by atoms with Gasteiger partial charge in [0.1, 0.15) is 6.61 Å². The van der Waals surface area contributed by atoms with Gasteiger partial charge in [0.05, 0.1) is 6.10 Å². The Morgan fingerprint density at radius 3 is 2.75 bits per heavy atom. The average molecular weight is 286 g/mol. The number of hydrogen-bond acceptors (Lipinski definition) is 2. The van der Waals surface area contributed by atoms with Crippen LogP contribution in [0.3, 0.4) is 0 Å². The van der Waals surface area contributed by atoms with Gasteiger partial charge in [-0.1, -0.05) is 15.9 Å². The van der Waals surface area contributed by atoms with Crippen molar-refractivity contribution in [3.05, 3.63) is 28.2 Å². The molecule has 0 aliphatic rings. The lowest BCUT2D eigenvalue weighted by Gasteiger charge is -2.10. The van der Waals surface area contributed by atoms with E-state index in [-0.39, 0.29) is 18.6 Å². The summed E-state index contributed by atoms with van der Waals surface area (Å²) in [5.74, 6) is -0.126. The number of anilines is 1. The highest BCUT2D eigenvalue weighted by molar-refractivity contribution is 9.10. The summed E-state index contributed by atoms with van der Waals surface area (Å²) in [6, 6.07) is 5.72. The van der Waals surface area contributed by atoms with Gasteiger partial charge < -0.3 is 10.1 Å². The lowest BCUT2D eigenvalue weighted by Crippen LogP contribution is -2.21. The predicted octanol–water partition coefficient (Wildman–Crippen LogP) is 3.12. The van der Waals surface area contributed by atoms with Crippen molar-refractivity contribution in [2.75, 3.05) is 11.9 Å². The number of halogens is 1. The molecule has 0 aliphatic carbocycles. The van der Waals surface area contributed by atoms with E-state index in [4.69, 9.17) is 4.74 Å². The lowest BCUT2D eigenvalue weighted by atomic mass is 10.2. The quantitative estimate of drug-likeness (QED) is 0.923. The summed E-state index contributed by atoms with van der Waals surface area (Å²) in [6.45, 7) is 5.84. The monoisotopic (exact) mass is 285 g/mol. The van der Waals surface area contributed by atoms with E-state index in [9.17, 15) is 4.79 Å². The number of aryl methyl sites for hydroxylation is 1. The smallest absolute Gasteiger partial charge is 0.250 e. The summed E-state index contributed by atoms with van der Waals surface area (Å²) in [5.41, 5.74) is 1.84. The van der Waals surface area contributed by atoms with E-state index in [1.54, 1.807) is 0 Å². The molecule has 4 heteroatoms. The van der Waals surface area contributed by atoms with Crippen molar-refractivity contribution < 1.29 is 9.53 Å². The number of nitrogens with one attached hydrogen (secondary N) is 1. The standard InChI is InChI=1S/C12H16BrNO2/c1-8(2)16-7-12(15)14-11-5-4-10(13)6-9(11)3/h4-6,8H,7H2,1-3H3,(H,14,15). The van der Waals surface area contributed by atoms with Gasteiger partial charge in [-0.2, -0.15) is 0 Å². The predicted molar refractivity (Wildman–Crippen MR) is 68.6 cm³/mol.